The summed E-state index contributed by atoms with van der Waals surface area (Å²) >= 11 is 0. The quantitative estimate of drug-likeness (QED) is 0.579. The fourth-order valence-electron chi connectivity index (χ4n) is 4.64. The van der Waals surface area contributed by atoms with Gasteiger partial charge in [-0.25, -0.2) is 4.68 Å². The zero-order chi connectivity index (χ0) is 24.8. The van der Waals surface area contributed by atoms with Crippen molar-refractivity contribution >= 4 is 16.8 Å². The van der Waals surface area contributed by atoms with Crippen molar-refractivity contribution in [1.82, 2.24) is 29.8 Å². The van der Waals surface area contributed by atoms with Crippen LogP contribution in [0.15, 0.2) is 42.7 Å². The van der Waals surface area contributed by atoms with E-state index in [1.165, 1.54) is 5.56 Å². The summed E-state index contributed by atoms with van der Waals surface area (Å²) < 4.78 is 8.25. The number of rotatable bonds is 6. The third-order valence-electron chi connectivity index (χ3n) is 6.75. The molecule has 0 saturated carbocycles. The number of nitrogens with zero attached hydrogens (tertiary/aromatic N) is 6. The number of amides is 1. The van der Waals surface area contributed by atoms with E-state index in [0.29, 0.717) is 39.1 Å². The third-order valence-corrected chi connectivity index (χ3v) is 6.75. The number of aliphatic hydroxyl groups excluding tert-OH is 1. The highest BCUT2D eigenvalue weighted by molar-refractivity contribution is 5.78. The highest BCUT2D eigenvalue weighted by atomic mass is 16.5. The molecule has 0 radical (unpaired) electrons. The standard InChI is InChI=1S/C26H36N6O3/c1-19-14-31(20(2)17-33)26(34)7-5-11-32-23(13-28-29-32)18-35-25(19)16-30(3)15-21-8-9-22-6-4-10-27-24(22)12-21/h4,6,8-10,12-13,19-20,25,33H,5,7,11,14-18H2,1-3H3/t19-,20+,25+/m1/s1. The molecule has 0 unspecified atom stereocenters. The van der Waals surface area contributed by atoms with Crippen LogP contribution >= 0.6 is 0 Å². The molecule has 3 heterocycles. The van der Waals surface area contributed by atoms with Crippen LogP contribution in [0.5, 0.6) is 0 Å². The Morgan fingerprint density at radius 3 is 3.00 bits per heavy atom. The summed E-state index contributed by atoms with van der Waals surface area (Å²) in [5.41, 5.74) is 3.09. The molecule has 9 nitrogen and oxygen atoms in total. The van der Waals surface area contributed by atoms with Gasteiger partial charge in [0.05, 0.1) is 42.8 Å². The maximum absolute atomic E-state index is 13.0. The maximum Gasteiger partial charge on any atom is 0.222 e. The number of ether oxygens (including phenoxy) is 1. The topological polar surface area (TPSA) is 96.6 Å². The van der Waals surface area contributed by atoms with Gasteiger partial charge in [0.15, 0.2) is 0 Å². The van der Waals surface area contributed by atoms with Crippen molar-refractivity contribution in [3.63, 3.8) is 0 Å². The minimum absolute atomic E-state index is 0.0522. The Kier molecular flexibility index (Phi) is 8.43. The van der Waals surface area contributed by atoms with Crippen LogP contribution in [0.2, 0.25) is 0 Å². The number of benzene rings is 1. The minimum Gasteiger partial charge on any atom is -0.394 e. The molecule has 2 aromatic heterocycles. The number of fused-ring (bicyclic) bond motifs is 2. The van der Waals surface area contributed by atoms with Gasteiger partial charge in [0.1, 0.15) is 0 Å². The molecule has 35 heavy (non-hydrogen) atoms. The molecule has 188 valence electrons. The van der Waals surface area contributed by atoms with Gasteiger partial charge < -0.3 is 14.7 Å². The van der Waals surface area contributed by atoms with Gasteiger partial charge in [0, 0.05) is 50.1 Å². The molecule has 4 rings (SSSR count). The SMILES string of the molecule is C[C@@H]1CN([C@@H](C)CO)C(=O)CCCn2nncc2CO[C@H]1CN(C)Cc1ccc2cccnc2c1. The van der Waals surface area contributed by atoms with Gasteiger partial charge in [-0.2, -0.15) is 0 Å². The molecule has 3 atom stereocenters. The van der Waals surface area contributed by atoms with E-state index < -0.39 is 0 Å². The molecule has 1 aliphatic heterocycles. The average molecular weight is 481 g/mol. The summed E-state index contributed by atoms with van der Waals surface area (Å²) in [6.45, 7) is 6.96. The first-order valence-electron chi connectivity index (χ1n) is 12.4. The lowest BCUT2D eigenvalue weighted by atomic mass is 10.0. The van der Waals surface area contributed by atoms with Crippen LogP contribution in [0, 0.1) is 5.92 Å². The summed E-state index contributed by atoms with van der Waals surface area (Å²) in [7, 11) is 2.08. The fourth-order valence-corrected chi connectivity index (χ4v) is 4.64. The van der Waals surface area contributed by atoms with Crippen molar-refractivity contribution in [1.29, 1.82) is 0 Å². The second kappa shape index (κ2) is 11.7. The van der Waals surface area contributed by atoms with E-state index in [4.69, 9.17) is 4.74 Å². The molecule has 1 amide bonds. The number of carbonyl (C=O) groups excluding carboxylic acids is 1. The van der Waals surface area contributed by atoms with Gasteiger partial charge >= 0.3 is 0 Å². The predicted octanol–water partition coefficient (Wildman–Crippen LogP) is 2.48. The van der Waals surface area contributed by atoms with E-state index in [1.807, 2.05) is 23.9 Å². The normalized spacial score (nSPS) is 20.9. The molecule has 1 aliphatic rings. The van der Waals surface area contributed by atoms with Crippen molar-refractivity contribution < 1.29 is 14.6 Å². The Morgan fingerprint density at radius 1 is 1.31 bits per heavy atom. The first-order valence-corrected chi connectivity index (χ1v) is 12.4. The van der Waals surface area contributed by atoms with Gasteiger partial charge in [-0.05, 0) is 38.1 Å². The van der Waals surface area contributed by atoms with Gasteiger partial charge in [0.2, 0.25) is 5.91 Å². The molecule has 9 heteroatoms. The Bertz CT molecular complexity index is 1120. The maximum atomic E-state index is 13.0. The van der Waals surface area contributed by atoms with Crippen LogP contribution in [-0.4, -0.2) is 79.7 Å². The molecular formula is C26H36N6O3. The van der Waals surface area contributed by atoms with Crippen molar-refractivity contribution in [3.05, 3.63) is 54.0 Å². The van der Waals surface area contributed by atoms with Crippen molar-refractivity contribution in [2.45, 2.75) is 58.5 Å². The number of hydrogen-bond acceptors (Lipinski definition) is 7. The van der Waals surface area contributed by atoms with E-state index in [1.54, 1.807) is 11.1 Å². The predicted molar refractivity (Wildman–Crippen MR) is 133 cm³/mol. The molecule has 0 spiro atoms. The first-order chi connectivity index (χ1) is 16.9. The number of likely N-dealkylation sites (N-methyl/N-ethyl adjacent to an activating group) is 1. The molecule has 3 aromatic rings. The molecular weight excluding hydrogens is 444 g/mol. The van der Waals surface area contributed by atoms with Gasteiger partial charge in [0.25, 0.3) is 0 Å². The number of aliphatic hydroxyl groups is 1. The molecule has 1 N–H and O–H groups in total. The average Bonchev–Trinajstić information content (AvgIpc) is 3.30. The number of pyridine rings is 1. The van der Waals surface area contributed by atoms with Crippen LogP contribution in [0.1, 0.15) is 37.9 Å². The monoisotopic (exact) mass is 480 g/mol. The van der Waals surface area contributed by atoms with Crippen molar-refractivity contribution in [3.8, 4) is 0 Å². The minimum atomic E-state index is -0.238. The van der Waals surface area contributed by atoms with Crippen LogP contribution in [-0.2, 0) is 29.2 Å². The largest absolute Gasteiger partial charge is 0.394 e. The number of aromatic nitrogens is 4. The summed E-state index contributed by atoms with van der Waals surface area (Å²) in [4.78, 5) is 21.5. The highest BCUT2D eigenvalue weighted by Crippen LogP contribution is 2.20. The first kappa shape index (κ1) is 25.2. The van der Waals surface area contributed by atoms with E-state index in [2.05, 4.69) is 58.4 Å². The zero-order valence-corrected chi connectivity index (χ0v) is 20.9. The van der Waals surface area contributed by atoms with Crippen LogP contribution in [0.4, 0.5) is 0 Å². The van der Waals surface area contributed by atoms with Crippen molar-refractivity contribution in [2.24, 2.45) is 5.92 Å². The van der Waals surface area contributed by atoms with Crippen LogP contribution < -0.4 is 0 Å². The third kappa shape index (κ3) is 6.42. The second-order valence-corrected chi connectivity index (χ2v) is 9.68. The summed E-state index contributed by atoms with van der Waals surface area (Å²) in [5.74, 6) is 0.119. The lowest BCUT2D eigenvalue weighted by Crippen LogP contribution is -2.47. The lowest BCUT2D eigenvalue weighted by molar-refractivity contribution is -0.136. The highest BCUT2D eigenvalue weighted by Gasteiger charge is 2.28. The summed E-state index contributed by atoms with van der Waals surface area (Å²) in [6, 6.07) is 10.1. The van der Waals surface area contributed by atoms with E-state index >= 15 is 0 Å². The molecule has 1 aromatic carbocycles. The Morgan fingerprint density at radius 2 is 2.17 bits per heavy atom. The van der Waals surface area contributed by atoms with Gasteiger partial charge in [-0.3, -0.25) is 14.7 Å². The Hall–Kier alpha value is -2.88. The molecule has 0 fully saturated rings. The fraction of sp³-hybridized carbons (Fsp3) is 0.538. The number of hydrogen-bond donors (Lipinski definition) is 1. The summed E-state index contributed by atoms with van der Waals surface area (Å²) in [6.07, 6.45) is 4.52. The van der Waals surface area contributed by atoms with Gasteiger partial charge in [-0.15, -0.1) is 5.10 Å². The zero-order valence-electron chi connectivity index (χ0n) is 20.9. The molecule has 0 aliphatic carbocycles. The summed E-state index contributed by atoms with van der Waals surface area (Å²) in [5, 5.41) is 19.1. The van der Waals surface area contributed by atoms with Crippen LogP contribution in [0.3, 0.4) is 0 Å². The Balaban J connectivity index is 1.51. The van der Waals surface area contributed by atoms with E-state index in [-0.39, 0.29) is 30.6 Å². The molecule has 0 saturated heterocycles. The molecule has 0 bridgehead atoms. The number of carbonyl (C=O) groups is 1. The smallest absolute Gasteiger partial charge is 0.222 e. The van der Waals surface area contributed by atoms with Gasteiger partial charge in [-0.1, -0.05) is 30.3 Å². The number of aryl methyl sites for hydroxylation is 1. The van der Waals surface area contributed by atoms with Crippen molar-refractivity contribution in [2.75, 3.05) is 26.7 Å². The lowest BCUT2D eigenvalue weighted by Gasteiger charge is -2.35. The van der Waals surface area contributed by atoms with E-state index in [0.717, 1.165) is 23.1 Å². The Labute approximate surface area is 206 Å². The second-order valence-electron chi connectivity index (χ2n) is 9.68. The van der Waals surface area contributed by atoms with E-state index in [9.17, 15) is 9.90 Å². The van der Waals surface area contributed by atoms with Crippen LogP contribution in [0.25, 0.3) is 10.9 Å².